The van der Waals surface area contributed by atoms with Gasteiger partial charge in [-0.1, -0.05) is 129 Å². The van der Waals surface area contributed by atoms with Crippen LogP contribution < -0.4 is 17.0 Å². The van der Waals surface area contributed by atoms with Gasteiger partial charge < -0.3 is 26.2 Å². The lowest BCUT2D eigenvalue weighted by molar-refractivity contribution is -0.890. The minimum atomic E-state index is -0.311. The van der Waals surface area contributed by atoms with Crippen LogP contribution in [0.3, 0.4) is 0 Å². The fraction of sp³-hybridized carbons (Fsp3) is 0.900. The highest BCUT2D eigenvalue weighted by molar-refractivity contribution is 5.81. The summed E-state index contributed by atoms with van der Waals surface area (Å²) in [7, 11) is 4.57. The molecule has 3 nitrogen and oxygen atoms in total. The van der Waals surface area contributed by atoms with Crippen LogP contribution in [0, 0.1) is 0 Å². The maximum Gasteiger partial charge on any atom is 0.330 e. The van der Waals surface area contributed by atoms with E-state index in [1.54, 1.807) is 0 Å². The average molecular weight is 547 g/mol. The molecule has 0 saturated carbocycles. The maximum absolute atomic E-state index is 11.1. The first-order chi connectivity index (χ1) is 16.0. The molecule has 0 aromatic rings. The van der Waals surface area contributed by atoms with Gasteiger partial charge in [0.1, 0.15) is 0 Å². The van der Waals surface area contributed by atoms with E-state index in [4.69, 9.17) is 4.74 Å². The number of carbonyl (C=O) groups excluding carboxylic acids is 1. The van der Waals surface area contributed by atoms with Crippen molar-refractivity contribution in [1.29, 1.82) is 0 Å². The Balaban J connectivity index is 0. The molecule has 0 aliphatic heterocycles. The molecular formula is C30H60BrNO2. The number of quaternary nitrogens is 1. The Bertz CT molecular complexity index is 440. The van der Waals surface area contributed by atoms with Gasteiger partial charge in [0.25, 0.3) is 0 Å². The lowest BCUT2D eigenvalue weighted by Crippen LogP contribution is -3.00. The van der Waals surface area contributed by atoms with E-state index >= 15 is 0 Å². The van der Waals surface area contributed by atoms with Gasteiger partial charge in [0.15, 0.2) is 0 Å². The standard InChI is InChI=1S/C30H60NO2.BrH/c1-5-7-8-9-10-11-12-13-14-15-16-17-18-19-20-21-22-23-24-25-27-31(3,4)28-26-29-33-30(32)6-2;/h6H,2,5,7-29H2,1,3-4H3;1H/q+1;/p-1. The quantitative estimate of drug-likeness (QED) is 0.0575. The van der Waals surface area contributed by atoms with Gasteiger partial charge in [-0.05, 0) is 12.8 Å². The Labute approximate surface area is 224 Å². The number of hydrogen-bond donors (Lipinski definition) is 0. The first kappa shape index (κ1) is 35.8. The van der Waals surface area contributed by atoms with Crippen LogP contribution in [0.4, 0.5) is 0 Å². The summed E-state index contributed by atoms with van der Waals surface area (Å²) in [6, 6.07) is 0. The third kappa shape index (κ3) is 27.9. The maximum atomic E-state index is 11.1. The summed E-state index contributed by atoms with van der Waals surface area (Å²) < 4.78 is 6.09. The molecule has 0 amide bonds. The van der Waals surface area contributed by atoms with Crippen molar-refractivity contribution >= 4 is 5.97 Å². The molecule has 0 spiro atoms. The molecule has 0 rings (SSSR count). The smallest absolute Gasteiger partial charge is 0.330 e. The highest BCUT2D eigenvalue weighted by atomic mass is 79.9. The van der Waals surface area contributed by atoms with E-state index in [1.165, 1.54) is 141 Å². The van der Waals surface area contributed by atoms with Crippen molar-refractivity contribution in [3.63, 3.8) is 0 Å². The second-order valence-corrected chi connectivity index (χ2v) is 10.8. The van der Waals surface area contributed by atoms with E-state index in [2.05, 4.69) is 27.6 Å². The Hall–Kier alpha value is -0.350. The highest BCUT2D eigenvalue weighted by Crippen LogP contribution is 2.15. The van der Waals surface area contributed by atoms with Crippen molar-refractivity contribution in [2.75, 3.05) is 33.8 Å². The fourth-order valence-electron chi connectivity index (χ4n) is 4.63. The van der Waals surface area contributed by atoms with Gasteiger partial charge in [-0.2, -0.15) is 0 Å². The number of hydrogen-bond acceptors (Lipinski definition) is 2. The summed E-state index contributed by atoms with van der Waals surface area (Å²) >= 11 is 0. The Kier molecular flexibility index (Phi) is 28.7. The van der Waals surface area contributed by atoms with E-state index < -0.39 is 0 Å². The zero-order valence-corrected chi connectivity index (χ0v) is 25.0. The van der Waals surface area contributed by atoms with Crippen LogP contribution in [0.5, 0.6) is 0 Å². The zero-order chi connectivity index (χ0) is 24.5. The second-order valence-electron chi connectivity index (χ2n) is 10.8. The number of ether oxygens (including phenoxy) is 1. The molecule has 0 aliphatic carbocycles. The zero-order valence-electron chi connectivity index (χ0n) is 23.4. The average Bonchev–Trinajstić information content (AvgIpc) is 2.80. The topological polar surface area (TPSA) is 26.3 Å². The summed E-state index contributed by atoms with van der Waals surface area (Å²) in [5.74, 6) is -0.311. The van der Waals surface area contributed by atoms with Crippen LogP contribution >= 0.6 is 0 Å². The predicted molar refractivity (Wildman–Crippen MR) is 146 cm³/mol. The van der Waals surface area contributed by atoms with Gasteiger partial charge in [-0.25, -0.2) is 4.79 Å². The summed E-state index contributed by atoms with van der Waals surface area (Å²) in [5, 5.41) is 0. The molecule has 0 atom stereocenters. The minimum Gasteiger partial charge on any atom is -1.00 e. The molecule has 0 fully saturated rings. The van der Waals surface area contributed by atoms with Crippen molar-refractivity contribution in [2.45, 2.75) is 142 Å². The molecule has 0 heterocycles. The third-order valence-electron chi connectivity index (χ3n) is 6.94. The molecular weight excluding hydrogens is 486 g/mol. The number of halogens is 1. The summed E-state index contributed by atoms with van der Waals surface area (Å²) in [6.45, 7) is 8.50. The van der Waals surface area contributed by atoms with Crippen molar-refractivity contribution in [1.82, 2.24) is 0 Å². The first-order valence-electron chi connectivity index (χ1n) is 14.6. The van der Waals surface area contributed by atoms with Crippen LogP contribution in [0.15, 0.2) is 12.7 Å². The van der Waals surface area contributed by atoms with Gasteiger partial charge in [-0.15, -0.1) is 0 Å². The lowest BCUT2D eigenvalue weighted by atomic mass is 10.0. The number of nitrogens with zero attached hydrogens (tertiary/aromatic N) is 1. The molecule has 204 valence electrons. The fourth-order valence-corrected chi connectivity index (χ4v) is 4.63. The van der Waals surface area contributed by atoms with Crippen LogP contribution in [0.1, 0.15) is 142 Å². The molecule has 0 N–H and O–H groups in total. The molecule has 0 radical (unpaired) electrons. The van der Waals surface area contributed by atoms with Crippen molar-refractivity contribution in [3.05, 3.63) is 12.7 Å². The molecule has 34 heavy (non-hydrogen) atoms. The number of carbonyl (C=O) groups is 1. The van der Waals surface area contributed by atoms with Crippen molar-refractivity contribution < 1.29 is 31.0 Å². The van der Waals surface area contributed by atoms with Gasteiger partial charge in [0, 0.05) is 12.5 Å². The first-order valence-corrected chi connectivity index (χ1v) is 14.6. The van der Waals surface area contributed by atoms with Crippen molar-refractivity contribution in [2.24, 2.45) is 0 Å². The van der Waals surface area contributed by atoms with E-state index in [0.29, 0.717) is 6.61 Å². The van der Waals surface area contributed by atoms with E-state index in [1.807, 2.05) is 0 Å². The van der Waals surface area contributed by atoms with E-state index in [-0.39, 0.29) is 23.0 Å². The third-order valence-corrected chi connectivity index (χ3v) is 6.94. The Morgan fingerprint density at radius 3 is 1.29 bits per heavy atom. The second kappa shape index (κ2) is 27.2. The minimum absolute atomic E-state index is 0. The normalized spacial score (nSPS) is 11.3. The largest absolute Gasteiger partial charge is 1.00 e. The van der Waals surface area contributed by atoms with Gasteiger partial charge in [-0.3, -0.25) is 0 Å². The molecule has 0 unspecified atom stereocenters. The van der Waals surface area contributed by atoms with Crippen LogP contribution in [0.25, 0.3) is 0 Å². The number of esters is 1. The van der Waals surface area contributed by atoms with Crippen molar-refractivity contribution in [3.8, 4) is 0 Å². The van der Waals surface area contributed by atoms with Crippen LogP contribution in [-0.2, 0) is 9.53 Å². The molecule has 0 aromatic heterocycles. The Morgan fingerprint density at radius 1 is 0.618 bits per heavy atom. The van der Waals surface area contributed by atoms with Crippen LogP contribution in [0.2, 0.25) is 0 Å². The summed E-state index contributed by atoms with van der Waals surface area (Å²) in [4.78, 5) is 11.1. The molecule has 4 heteroatoms. The number of unbranched alkanes of at least 4 members (excludes halogenated alkanes) is 19. The SMILES string of the molecule is C=CC(=O)OCCC[N+](C)(C)CCCCCCCCCCCCCCCCCCCCCC.[Br-]. The van der Waals surface area contributed by atoms with Crippen LogP contribution in [-0.4, -0.2) is 44.2 Å². The Morgan fingerprint density at radius 2 is 0.941 bits per heavy atom. The molecule has 0 bridgehead atoms. The lowest BCUT2D eigenvalue weighted by Gasteiger charge is -2.29. The van der Waals surface area contributed by atoms with E-state index in [9.17, 15) is 4.79 Å². The van der Waals surface area contributed by atoms with Gasteiger partial charge in [0.2, 0.25) is 0 Å². The van der Waals surface area contributed by atoms with E-state index in [0.717, 1.165) is 17.4 Å². The monoisotopic (exact) mass is 545 g/mol. The predicted octanol–water partition coefficient (Wildman–Crippen LogP) is 6.01. The molecule has 0 aromatic carbocycles. The van der Waals surface area contributed by atoms with Gasteiger partial charge >= 0.3 is 5.97 Å². The summed E-state index contributed by atoms with van der Waals surface area (Å²) in [5.41, 5.74) is 0. The number of rotatable bonds is 26. The molecule has 0 saturated heterocycles. The summed E-state index contributed by atoms with van der Waals surface area (Å²) in [6.07, 6.45) is 30.8. The highest BCUT2D eigenvalue weighted by Gasteiger charge is 2.14. The van der Waals surface area contributed by atoms with Gasteiger partial charge in [0.05, 0.1) is 33.8 Å². The molecule has 0 aliphatic rings.